The first-order chi connectivity index (χ1) is 13.5. The Hall–Kier alpha value is -2.52. The van der Waals surface area contributed by atoms with E-state index in [-0.39, 0.29) is 10.6 Å². The van der Waals surface area contributed by atoms with Crippen molar-refractivity contribution < 1.29 is 18.7 Å². The highest BCUT2D eigenvalue weighted by atomic mass is 32.2. The van der Waals surface area contributed by atoms with Crippen molar-refractivity contribution >= 4 is 61.4 Å². The van der Waals surface area contributed by atoms with Gasteiger partial charge in [-0.25, -0.2) is 4.79 Å². The summed E-state index contributed by atoms with van der Waals surface area (Å²) in [7, 11) is 0. The highest BCUT2D eigenvalue weighted by Crippen LogP contribution is 2.44. The van der Waals surface area contributed by atoms with Gasteiger partial charge in [0.05, 0.1) is 22.6 Å². The van der Waals surface area contributed by atoms with E-state index >= 15 is 0 Å². The third-order valence-electron chi connectivity index (χ3n) is 4.28. The van der Waals surface area contributed by atoms with Crippen LogP contribution in [0.4, 0.5) is 11.4 Å². The number of para-hydroxylation sites is 1. The molecule has 0 radical (unpaired) electrons. The molecule has 8 heteroatoms. The van der Waals surface area contributed by atoms with Crippen LogP contribution in [0.25, 0.3) is 19.8 Å². The van der Waals surface area contributed by atoms with Crippen LogP contribution in [0.3, 0.4) is 0 Å². The topological polar surface area (TPSA) is 80.7 Å². The summed E-state index contributed by atoms with van der Waals surface area (Å²) in [6.45, 7) is 1.79. The minimum absolute atomic E-state index is 0.0140. The summed E-state index contributed by atoms with van der Waals surface area (Å²) in [5.74, 6) is -1.16. The molecule has 0 fully saturated rings. The fraction of sp³-hybridized carbons (Fsp3) is 0.0500. The predicted octanol–water partition coefficient (Wildman–Crippen LogP) is 5.57. The number of carboxylic acids is 1. The Labute approximate surface area is 171 Å². The molecule has 0 bridgehead atoms. The fourth-order valence-electron chi connectivity index (χ4n) is 2.99. The summed E-state index contributed by atoms with van der Waals surface area (Å²) >= 11 is -0.0439. The fourth-order valence-corrected chi connectivity index (χ4v) is 5.84. The Bertz CT molecular complexity index is 1180. The molecule has 4 aromatic rings. The molecule has 0 saturated heterocycles. The van der Waals surface area contributed by atoms with Crippen LogP contribution in [0.1, 0.15) is 15.2 Å². The average molecular weight is 429 g/mol. The zero-order chi connectivity index (χ0) is 19.8. The van der Waals surface area contributed by atoms with Gasteiger partial charge in [0, 0.05) is 14.5 Å². The Morgan fingerprint density at radius 1 is 1.00 bits per heavy atom. The molecule has 2 aromatic carbocycles. The number of nitrogens with zero attached hydrogens (tertiary/aromatic N) is 1. The Kier molecular flexibility index (Phi) is 5.03. The lowest BCUT2D eigenvalue weighted by Gasteiger charge is -2.27. The van der Waals surface area contributed by atoms with Crippen LogP contribution < -0.4 is 4.31 Å². The number of benzene rings is 2. The van der Waals surface area contributed by atoms with Crippen LogP contribution in [0.5, 0.6) is 0 Å². The molecule has 1 unspecified atom stereocenters. The van der Waals surface area contributed by atoms with E-state index in [9.17, 15) is 18.7 Å². The molecule has 2 aromatic heterocycles. The second-order valence-corrected chi connectivity index (χ2v) is 9.01. The third-order valence-corrected chi connectivity index (χ3v) is 7.39. The quantitative estimate of drug-likeness (QED) is 0.422. The van der Waals surface area contributed by atoms with E-state index in [1.54, 1.807) is 48.6 Å². The molecule has 0 aliphatic rings. The molecule has 5 nitrogen and oxygen atoms in total. The van der Waals surface area contributed by atoms with Crippen LogP contribution in [-0.2, 0) is 11.3 Å². The van der Waals surface area contributed by atoms with Crippen LogP contribution >= 0.6 is 22.7 Å². The lowest BCUT2D eigenvalue weighted by molar-refractivity contribution is 0.0703. The van der Waals surface area contributed by atoms with Crippen molar-refractivity contribution in [2.75, 3.05) is 4.31 Å². The van der Waals surface area contributed by atoms with Crippen molar-refractivity contribution in [3.63, 3.8) is 0 Å². The summed E-state index contributed by atoms with van der Waals surface area (Å²) in [6.07, 6.45) is 0. The van der Waals surface area contributed by atoms with Crippen molar-refractivity contribution in [1.82, 2.24) is 0 Å². The lowest BCUT2D eigenvalue weighted by atomic mass is 10.2. The van der Waals surface area contributed by atoms with Crippen LogP contribution in [0.15, 0.2) is 60.7 Å². The van der Waals surface area contributed by atoms with Gasteiger partial charge in [-0.05, 0) is 42.1 Å². The van der Waals surface area contributed by atoms with Crippen LogP contribution in [-0.4, -0.2) is 19.8 Å². The number of aryl methyl sites for hydroxylation is 1. The summed E-state index contributed by atoms with van der Waals surface area (Å²) in [5, 5.41) is 10.8. The van der Waals surface area contributed by atoms with Crippen molar-refractivity contribution in [1.29, 1.82) is 0 Å². The van der Waals surface area contributed by atoms with E-state index in [2.05, 4.69) is 0 Å². The maximum absolute atomic E-state index is 12.1. The van der Waals surface area contributed by atoms with Crippen molar-refractivity contribution in [2.45, 2.75) is 6.92 Å². The molecule has 28 heavy (non-hydrogen) atoms. The average Bonchev–Trinajstić information content (AvgIpc) is 3.27. The highest BCUT2D eigenvalue weighted by molar-refractivity contribution is 7.81. The first-order valence-electron chi connectivity index (χ1n) is 8.27. The minimum atomic E-state index is -2.67. The lowest BCUT2D eigenvalue weighted by Crippen LogP contribution is -2.21. The molecular weight excluding hydrogens is 414 g/mol. The van der Waals surface area contributed by atoms with E-state index in [4.69, 9.17) is 0 Å². The van der Waals surface area contributed by atoms with E-state index < -0.39 is 17.2 Å². The third kappa shape index (κ3) is 3.35. The monoisotopic (exact) mass is 428 g/mol. The molecule has 4 rings (SSSR count). The molecule has 0 aliphatic carbocycles. The zero-order valence-corrected chi connectivity index (χ0v) is 17.1. The molecule has 0 aliphatic heterocycles. The maximum atomic E-state index is 12.1. The standard InChI is InChI=1S/C20H15NO4S3/c1-12-6-2-4-8-14(12)21(28(24)25)15-11-18(27-19(15)20(22)23)17-10-13-7-3-5-9-16(13)26-17/h2-11H,1H3,(H,22,23)(H,24,25)/p-1. The van der Waals surface area contributed by atoms with Gasteiger partial charge in [-0.3, -0.25) is 8.51 Å². The molecule has 1 N–H and O–H groups in total. The van der Waals surface area contributed by atoms with Crippen molar-refractivity contribution in [3.05, 3.63) is 71.1 Å². The Morgan fingerprint density at radius 3 is 2.36 bits per heavy atom. The van der Waals surface area contributed by atoms with Gasteiger partial charge in [-0.1, -0.05) is 36.4 Å². The van der Waals surface area contributed by atoms with Gasteiger partial charge >= 0.3 is 5.97 Å². The number of hydrogen-bond acceptors (Lipinski definition) is 5. The second-order valence-electron chi connectivity index (χ2n) is 6.08. The summed E-state index contributed by atoms with van der Waals surface area (Å²) in [6, 6.07) is 18.5. The van der Waals surface area contributed by atoms with Gasteiger partial charge in [0.15, 0.2) is 0 Å². The van der Waals surface area contributed by atoms with E-state index in [0.29, 0.717) is 5.69 Å². The van der Waals surface area contributed by atoms with Gasteiger partial charge in [0.25, 0.3) is 0 Å². The van der Waals surface area contributed by atoms with Crippen molar-refractivity contribution in [3.8, 4) is 9.75 Å². The van der Waals surface area contributed by atoms with Crippen LogP contribution in [0.2, 0.25) is 0 Å². The van der Waals surface area contributed by atoms with Crippen LogP contribution in [0, 0.1) is 6.92 Å². The molecule has 142 valence electrons. The first kappa shape index (κ1) is 18.8. The number of anilines is 2. The zero-order valence-electron chi connectivity index (χ0n) is 14.6. The van der Waals surface area contributed by atoms with E-state index in [0.717, 1.165) is 41.0 Å². The minimum Gasteiger partial charge on any atom is -0.755 e. The number of hydrogen-bond donors (Lipinski definition) is 1. The highest BCUT2D eigenvalue weighted by Gasteiger charge is 2.24. The van der Waals surface area contributed by atoms with Gasteiger partial charge in [-0.2, -0.15) is 0 Å². The first-order valence-corrected chi connectivity index (χ1v) is 10.9. The van der Waals surface area contributed by atoms with Gasteiger partial charge in [0.2, 0.25) is 0 Å². The summed E-state index contributed by atoms with van der Waals surface area (Å²) < 4.78 is 26.2. The normalized spacial score (nSPS) is 12.2. The smallest absolute Gasteiger partial charge is 0.348 e. The Morgan fingerprint density at radius 2 is 1.68 bits per heavy atom. The van der Waals surface area contributed by atoms with Gasteiger partial charge < -0.3 is 9.66 Å². The van der Waals surface area contributed by atoms with Gasteiger partial charge in [0.1, 0.15) is 4.88 Å². The van der Waals surface area contributed by atoms with Crippen molar-refractivity contribution in [2.24, 2.45) is 0 Å². The number of thiophene rings is 2. The van der Waals surface area contributed by atoms with Gasteiger partial charge in [-0.15, -0.1) is 22.7 Å². The molecule has 1 atom stereocenters. The Balaban J connectivity index is 1.89. The maximum Gasteiger partial charge on any atom is 0.348 e. The number of aromatic carboxylic acids is 1. The largest absolute Gasteiger partial charge is 0.755 e. The predicted molar refractivity (Wildman–Crippen MR) is 114 cm³/mol. The second kappa shape index (κ2) is 7.48. The van der Waals surface area contributed by atoms with E-state index in [1.807, 2.05) is 30.3 Å². The molecule has 2 heterocycles. The van der Waals surface area contributed by atoms with E-state index in [1.165, 1.54) is 0 Å². The SMILES string of the molecule is Cc1ccccc1N(c1cc(-c2cc3ccccc3s2)sc1C(=O)O)S(=O)[O-]. The number of carbonyl (C=O) groups is 1. The number of fused-ring (bicyclic) bond motifs is 1. The summed E-state index contributed by atoms with van der Waals surface area (Å²) in [4.78, 5) is 13.5. The summed E-state index contributed by atoms with van der Waals surface area (Å²) in [5.41, 5.74) is 1.31. The molecular formula is C20H14NO4S3-. The number of carboxylic acid groups (broad SMARTS) is 1. The molecule has 0 saturated carbocycles. The molecule has 0 spiro atoms. The number of rotatable bonds is 5. The molecule has 0 amide bonds.